The summed E-state index contributed by atoms with van der Waals surface area (Å²) in [5.74, 6) is -0.925. The Morgan fingerprint density at radius 3 is 2.94 bits per heavy atom. The Bertz CT molecular complexity index is 1110. The molecule has 2 aromatic carbocycles. The predicted octanol–water partition coefficient (Wildman–Crippen LogP) is 3.66. The largest absolute Gasteiger partial charge is 0.487 e. The van der Waals surface area contributed by atoms with Crippen molar-refractivity contribution in [3.63, 3.8) is 0 Å². The number of anilines is 1. The van der Waals surface area contributed by atoms with Crippen LogP contribution in [0.3, 0.4) is 0 Å². The van der Waals surface area contributed by atoms with Gasteiger partial charge in [0, 0.05) is 22.4 Å². The van der Waals surface area contributed by atoms with Crippen molar-refractivity contribution in [2.75, 3.05) is 18.4 Å². The van der Waals surface area contributed by atoms with E-state index < -0.39 is 11.8 Å². The molecule has 0 saturated carbocycles. The van der Waals surface area contributed by atoms with Crippen LogP contribution in [0.1, 0.15) is 41.5 Å². The number of hydrogen-bond acceptors (Lipinski definition) is 4. The number of benzene rings is 2. The zero-order valence-electron chi connectivity index (χ0n) is 17.0. The first-order chi connectivity index (χ1) is 15.0. The standard InChI is InChI=1S/C24H23FN2O4/c25-16-6-8-19-18(12-16)21(23(28)26-19)22-17-7-5-14(11-15(17)13-31-22)3-1-9-27-10-2-4-20(27)24(29)30/h5-8,11-12,20H,1-4,9-10,13H2,(H,26,28)(H,29,30). The van der Waals surface area contributed by atoms with E-state index >= 15 is 0 Å². The number of nitrogens with one attached hydrogen (secondary N) is 1. The van der Waals surface area contributed by atoms with Crippen molar-refractivity contribution in [2.45, 2.75) is 38.3 Å². The number of halogens is 1. The molecule has 0 radical (unpaired) electrons. The second-order valence-electron chi connectivity index (χ2n) is 8.26. The number of hydrogen-bond donors (Lipinski definition) is 2. The first-order valence-electron chi connectivity index (χ1n) is 10.6. The van der Waals surface area contributed by atoms with Gasteiger partial charge in [-0.2, -0.15) is 0 Å². The molecule has 3 aliphatic heterocycles. The topological polar surface area (TPSA) is 78.9 Å². The van der Waals surface area contributed by atoms with E-state index in [1.165, 1.54) is 12.1 Å². The van der Waals surface area contributed by atoms with Gasteiger partial charge in [0.15, 0.2) is 0 Å². The smallest absolute Gasteiger partial charge is 0.320 e. The van der Waals surface area contributed by atoms with Crippen LogP contribution in [0.15, 0.2) is 36.4 Å². The van der Waals surface area contributed by atoms with Crippen molar-refractivity contribution in [1.82, 2.24) is 4.90 Å². The third-order valence-corrected chi connectivity index (χ3v) is 6.30. The molecule has 5 rings (SSSR count). The minimum Gasteiger partial charge on any atom is -0.487 e. The maximum absolute atomic E-state index is 13.8. The van der Waals surface area contributed by atoms with E-state index in [9.17, 15) is 19.1 Å². The molecule has 3 aliphatic rings. The molecular formula is C24H23FN2O4. The van der Waals surface area contributed by atoms with E-state index in [0.29, 0.717) is 29.2 Å². The van der Waals surface area contributed by atoms with Gasteiger partial charge in [-0.1, -0.05) is 18.2 Å². The lowest BCUT2D eigenvalue weighted by Gasteiger charge is -2.20. The van der Waals surface area contributed by atoms with Gasteiger partial charge in [-0.3, -0.25) is 14.5 Å². The molecule has 1 saturated heterocycles. The number of fused-ring (bicyclic) bond motifs is 2. The lowest BCUT2D eigenvalue weighted by Crippen LogP contribution is -2.36. The van der Waals surface area contributed by atoms with Gasteiger partial charge >= 0.3 is 5.97 Å². The lowest BCUT2D eigenvalue weighted by atomic mass is 9.98. The molecule has 1 fully saturated rings. The summed E-state index contributed by atoms with van der Waals surface area (Å²) < 4.78 is 19.6. The Morgan fingerprint density at radius 1 is 1.23 bits per heavy atom. The van der Waals surface area contributed by atoms with Crippen LogP contribution < -0.4 is 5.32 Å². The van der Waals surface area contributed by atoms with E-state index in [-0.39, 0.29) is 11.9 Å². The fourth-order valence-electron chi connectivity index (χ4n) is 4.80. The normalized spacial score (nSPS) is 22.2. The second kappa shape index (κ2) is 7.81. The van der Waals surface area contributed by atoms with Crippen molar-refractivity contribution in [2.24, 2.45) is 0 Å². The minimum absolute atomic E-state index is 0.286. The summed E-state index contributed by atoms with van der Waals surface area (Å²) in [5, 5.41) is 12.1. The van der Waals surface area contributed by atoms with Crippen molar-refractivity contribution >= 4 is 28.9 Å². The van der Waals surface area contributed by atoms with Gasteiger partial charge in [0.25, 0.3) is 5.91 Å². The van der Waals surface area contributed by atoms with Gasteiger partial charge in [0.05, 0.1) is 5.57 Å². The number of nitrogens with zero attached hydrogens (tertiary/aromatic N) is 1. The van der Waals surface area contributed by atoms with Gasteiger partial charge in [0.2, 0.25) is 0 Å². The van der Waals surface area contributed by atoms with Crippen molar-refractivity contribution in [3.8, 4) is 0 Å². The van der Waals surface area contributed by atoms with E-state index in [1.807, 2.05) is 12.1 Å². The molecule has 1 amide bonds. The zero-order valence-corrected chi connectivity index (χ0v) is 17.0. The molecule has 31 heavy (non-hydrogen) atoms. The van der Waals surface area contributed by atoms with Crippen molar-refractivity contribution < 1.29 is 23.8 Å². The Hall–Kier alpha value is -3.19. The summed E-state index contributed by atoms with van der Waals surface area (Å²) >= 11 is 0. The van der Waals surface area contributed by atoms with Crippen LogP contribution >= 0.6 is 0 Å². The number of ether oxygens (including phenoxy) is 1. The van der Waals surface area contributed by atoms with E-state index in [1.54, 1.807) is 6.07 Å². The molecule has 1 unspecified atom stereocenters. The molecule has 1 atom stereocenters. The van der Waals surface area contributed by atoms with E-state index in [0.717, 1.165) is 55.5 Å². The highest BCUT2D eigenvalue weighted by atomic mass is 19.1. The highest BCUT2D eigenvalue weighted by Gasteiger charge is 2.33. The highest BCUT2D eigenvalue weighted by molar-refractivity contribution is 6.36. The third-order valence-electron chi connectivity index (χ3n) is 6.30. The number of amides is 1. The van der Waals surface area contributed by atoms with Crippen LogP contribution in [-0.4, -0.2) is 41.0 Å². The van der Waals surface area contributed by atoms with Crippen LogP contribution in [-0.2, 0) is 27.4 Å². The average molecular weight is 422 g/mol. The number of rotatable bonds is 5. The fourth-order valence-corrected chi connectivity index (χ4v) is 4.80. The van der Waals surface area contributed by atoms with Crippen molar-refractivity contribution in [1.29, 1.82) is 0 Å². The van der Waals surface area contributed by atoms with E-state index in [4.69, 9.17) is 4.74 Å². The molecule has 2 N–H and O–H groups in total. The summed E-state index contributed by atoms with van der Waals surface area (Å²) in [6.07, 6.45) is 3.39. The average Bonchev–Trinajstić information content (AvgIpc) is 3.44. The van der Waals surface area contributed by atoms with Gasteiger partial charge in [-0.25, -0.2) is 4.39 Å². The van der Waals surface area contributed by atoms with Crippen LogP contribution in [0, 0.1) is 5.82 Å². The molecule has 6 nitrogen and oxygen atoms in total. The van der Waals surface area contributed by atoms with Gasteiger partial charge in [-0.15, -0.1) is 0 Å². The second-order valence-corrected chi connectivity index (χ2v) is 8.26. The first kappa shape index (κ1) is 19.8. The van der Waals surface area contributed by atoms with E-state index in [2.05, 4.69) is 16.3 Å². The number of carbonyl (C=O) groups excluding carboxylic acids is 1. The summed E-state index contributed by atoms with van der Waals surface area (Å²) in [5.41, 5.74) is 4.50. The third kappa shape index (κ3) is 3.59. The Kier molecular flexibility index (Phi) is 4.98. The maximum atomic E-state index is 13.8. The van der Waals surface area contributed by atoms with Gasteiger partial charge in [0.1, 0.15) is 24.2 Å². The summed E-state index contributed by atoms with van der Waals surface area (Å²) in [6, 6.07) is 9.95. The SMILES string of the molecule is O=C1Nc2ccc(F)cc2C1=C1OCc2cc(CCCN3CCCC3C(=O)O)ccc21. The molecule has 0 bridgehead atoms. The van der Waals surface area contributed by atoms with Crippen LogP contribution in [0.25, 0.3) is 11.3 Å². The monoisotopic (exact) mass is 422 g/mol. The van der Waals surface area contributed by atoms with Crippen LogP contribution in [0.4, 0.5) is 10.1 Å². The van der Waals surface area contributed by atoms with Gasteiger partial charge in [-0.05, 0) is 62.5 Å². The Morgan fingerprint density at radius 2 is 2.10 bits per heavy atom. The Labute approximate surface area is 179 Å². The summed E-state index contributed by atoms with van der Waals surface area (Å²) in [6.45, 7) is 1.98. The molecular weight excluding hydrogens is 399 g/mol. The molecule has 160 valence electrons. The number of aryl methyl sites for hydroxylation is 1. The molecule has 0 aromatic heterocycles. The molecule has 0 spiro atoms. The summed E-state index contributed by atoms with van der Waals surface area (Å²) in [4.78, 5) is 25.9. The number of carboxylic acids is 1. The zero-order chi connectivity index (χ0) is 21.5. The number of carboxylic acid groups (broad SMARTS) is 1. The Balaban J connectivity index is 1.33. The molecule has 0 aliphatic carbocycles. The van der Waals surface area contributed by atoms with Gasteiger partial charge < -0.3 is 15.2 Å². The van der Waals surface area contributed by atoms with Crippen molar-refractivity contribution in [3.05, 3.63) is 64.5 Å². The molecule has 2 aromatic rings. The number of carbonyl (C=O) groups is 2. The molecule has 7 heteroatoms. The summed E-state index contributed by atoms with van der Waals surface area (Å²) in [7, 11) is 0. The first-order valence-corrected chi connectivity index (χ1v) is 10.6. The minimum atomic E-state index is -0.731. The van der Waals surface area contributed by atoms with Crippen LogP contribution in [0.5, 0.6) is 0 Å². The quantitative estimate of drug-likeness (QED) is 0.719. The lowest BCUT2D eigenvalue weighted by molar-refractivity contribution is -0.142. The molecule has 3 heterocycles. The maximum Gasteiger partial charge on any atom is 0.320 e. The predicted molar refractivity (Wildman–Crippen MR) is 114 cm³/mol. The highest BCUT2D eigenvalue weighted by Crippen LogP contribution is 2.42. The number of likely N-dealkylation sites (tertiary alicyclic amines) is 1. The fraction of sp³-hybridized carbons (Fsp3) is 0.333. The number of aliphatic carboxylic acids is 1. The van der Waals surface area contributed by atoms with Crippen LogP contribution in [0.2, 0.25) is 0 Å².